The van der Waals surface area contributed by atoms with Crippen LogP contribution in [0.2, 0.25) is 0 Å². The van der Waals surface area contributed by atoms with E-state index in [1.165, 1.54) is 19.3 Å². The van der Waals surface area contributed by atoms with Gasteiger partial charge < -0.3 is 5.32 Å². The predicted molar refractivity (Wildman–Crippen MR) is 117 cm³/mol. The minimum atomic E-state index is -0.123. The molecule has 4 rings (SSSR count). The van der Waals surface area contributed by atoms with Gasteiger partial charge in [-0.05, 0) is 68.2 Å². The standard InChI is InChI=1S/C22H27N5OS/c1-16-9-8-12-19(17(16)2)23-20(28)15-26-22(29)27(25-13-6-7-14-25)21(24-26)18-10-4-3-5-11-18/h6-9,12-14,18H,3-5,10-11,15H2,1-2H3,(H,23,28). The molecule has 2 aromatic heterocycles. The van der Waals surface area contributed by atoms with Crippen molar-refractivity contribution in [1.29, 1.82) is 0 Å². The van der Waals surface area contributed by atoms with Crippen LogP contribution in [-0.2, 0) is 11.3 Å². The second-order valence-electron chi connectivity index (χ2n) is 7.80. The minimum Gasteiger partial charge on any atom is -0.324 e. The van der Waals surface area contributed by atoms with E-state index in [0.29, 0.717) is 10.7 Å². The van der Waals surface area contributed by atoms with Crippen LogP contribution in [0, 0.1) is 18.6 Å². The van der Waals surface area contributed by atoms with Gasteiger partial charge in [0.15, 0.2) is 5.82 Å². The molecule has 2 heterocycles. The highest BCUT2D eigenvalue weighted by Gasteiger charge is 2.24. The van der Waals surface area contributed by atoms with Gasteiger partial charge in [0.1, 0.15) is 6.54 Å². The maximum atomic E-state index is 12.7. The lowest BCUT2D eigenvalue weighted by Gasteiger charge is -2.21. The number of anilines is 1. The van der Waals surface area contributed by atoms with Crippen LogP contribution in [0.3, 0.4) is 0 Å². The largest absolute Gasteiger partial charge is 0.324 e. The minimum absolute atomic E-state index is 0.0974. The van der Waals surface area contributed by atoms with Gasteiger partial charge in [0, 0.05) is 24.0 Å². The Morgan fingerprint density at radius 1 is 1.14 bits per heavy atom. The number of nitrogens with one attached hydrogen (secondary N) is 1. The lowest BCUT2D eigenvalue weighted by molar-refractivity contribution is -0.116. The van der Waals surface area contributed by atoms with E-state index in [1.54, 1.807) is 4.68 Å². The van der Waals surface area contributed by atoms with E-state index in [0.717, 1.165) is 35.5 Å². The fourth-order valence-electron chi connectivity index (χ4n) is 4.02. The number of hydrogen-bond donors (Lipinski definition) is 1. The summed E-state index contributed by atoms with van der Waals surface area (Å²) in [7, 11) is 0. The monoisotopic (exact) mass is 409 g/mol. The van der Waals surface area contributed by atoms with E-state index in [4.69, 9.17) is 17.3 Å². The molecule has 29 heavy (non-hydrogen) atoms. The number of aryl methyl sites for hydroxylation is 1. The van der Waals surface area contributed by atoms with Gasteiger partial charge in [-0.1, -0.05) is 31.4 Å². The maximum Gasteiger partial charge on any atom is 0.246 e. The quantitative estimate of drug-likeness (QED) is 0.614. The zero-order chi connectivity index (χ0) is 20.4. The molecule has 1 aliphatic rings. The van der Waals surface area contributed by atoms with Crippen LogP contribution < -0.4 is 5.32 Å². The number of benzene rings is 1. The van der Waals surface area contributed by atoms with Crippen molar-refractivity contribution in [2.45, 2.75) is 58.4 Å². The first kappa shape index (κ1) is 19.6. The second-order valence-corrected chi connectivity index (χ2v) is 8.17. The third kappa shape index (κ3) is 4.05. The van der Waals surface area contributed by atoms with E-state index in [1.807, 2.05) is 65.9 Å². The Hall–Kier alpha value is -2.67. The van der Waals surface area contributed by atoms with Gasteiger partial charge in [0.05, 0.1) is 0 Å². The molecule has 6 nitrogen and oxygen atoms in total. The molecule has 1 N–H and O–H groups in total. The zero-order valence-electron chi connectivity index (χ0n) is 17.0. The summed E-state index contributed by atoms with van der Waals surface area (Å²) in [6.45, 7) is 4.15. The smallest absolute Gasteiger partial charge is 0.246 e. The molecule has 1 aromatic carbocycles. The topological polar surface area (TPSA) is 56.8 Å². The van der Waals surface area contributed by atoms with Gasteiger partial charge in [0.2, 0.25) is 10.7 Å². The number of carbonyl (C=O) groups excluding carboxylic acids is 1. The summed E-state index contributed by atoms with van der Waals surface area (Å²) in [5.74, 6) is 1.20. The average Bonchev–Trinajstić information content (AvgIpc) is 3.35. The third-order valence-corrected chi connectivity index (χ3v) is 6.19. The highest BCUT2D eigenvalue weighted by Crippen LogP contribution is 2.32. The van der Waals surface area contributed by atoms with Crippen LogP contribution in [0.4, 0.5) is 5.69 Å². The van der Waals surface area contributed by atoms with Crippen molar-refractivity contribution in [3.05, 3.63) is 64.4 Å². The lowest BCUT2D eigenvalue weighted by atomic mass is 9.89. The van der Waals surface area contributed by atoms with Crippen LogP contribution >= 0.6 is 12.2 Å². The van der Waals surface area contributed by atoms with E-state index < -0.39 is 0 Å². The molecule has 7 heteroatoms. The van der Waals surface area contributed by atoms with Crippen LogP contribution in [0.1, 0.15) is 55.0 Å². The van der Waals surface area contributed by atoms with Crippen LogP contribution in [0.25, 0.3) is 0 Å². The van der Waals surface area contributed by atoms with Crippen molar-refractivity contribution < 1.29 is 4.79 Å². The first-order chi connectivity index (χ1) is 14.0. The first-order valence-electron chi connectivity index (χ1n) is 10.2. The fraction of sp³-hybridized carbons (Fsp3) is 0.409. The first-order valence-corrected chi connectivity index (χ1v) is 10.6. The van der Waals surface area contributed by atoms with Gasteiger partial charge in [-0.2, -0.15) is 5.10 Å². The van der Waals surface area contributed by atoms with Crippen LogP contribution in [0.5, 0.6) is 0 Å². The molecule has 0 spiro atoms. The molecule has 1 fully saturated rings. The molecule has 1 aliphatic carbocycles. The molecule has 0 atom stereocenters. The van der Waals surface area contributed by atoms with Crippen LogP contribution in [-0.4, -0.2) is 25.0 Å². The van der Waals surface area contributed by atoms with Crippen molar-refractivity contribution in [1.82, 2.24) is 19.1 Å². The number of carbonyl (C=O) groups is 1. The molecule has 3 aromatic rings. The average molecular weight is 410 g/mol. The molecule has 1 amide bonds. The second kappa shape index (κ2) is 8.37. The van der Waals surface area contributed by atoms with Crippen molar-refractivity contribution in [2.75, 3.05) is 5.32 Å². The summed E-state index contributed by atoms with van der Waals surface area (Å²) < 4.78 is 6.12. The Labute approximate surface area is 176 Å². The Bertz CT molecular complexity index is 1060. The van der Waals surface area contributed by atoms with Crippen molar-refractivity contribution in [2.24, 2.45) is 0 Å². The Balaban J connectivity index is 1.63. The Morgan fingerprint density at radius 3 is 2.59 bits per heavy atom. The molecule has 0 radical (unpaired) electrons. The summed E-state index contributed by atoms with van der Waals surface area (Å²) >= 11 is 5.72. The zero-order valence-corrected chi connectivity index (χ0v) is 17.8. The normalized spacial score (nSPS) is 14.8. The van der Waals surface area contributed by atoms with Gasteiger partial charge in [-0.15, -0.1) is 0 Å². The number of amides is 1. The molecule has 1 saturated carbocycles. The van der Waals surface area contributed by atoms with E-state index in [9.17, 15) is 4.79 Å². The van der Waals surface area contributed by atoms with Gasteiger partial charge in [-0.3, -0.25) is 9.47 Å². The molecule has 0 saturated heterocycles. The summed E-state index contributed by atoms with van der Waals surface area (Å²) in [6.07, 6.45) is 9.85. The summed E-state index contributed by atoms with van der Waals surface area (Å²) in [4.78, 5) is 12.7. The van der Waals surface area contributed by atoms with E-state index >= 15 is 0 Å². The number of rotatable bonds is 5. The van der Waals surface area contributed by atoms with E-state index in [-0.39, 0.29) is 12.5 Å². The van der Waals surface area contributed by atoms with Crippen molar-refractivity contribution in [3.8, 4) is 0 Å². The predicted octanol–water partition coefficient (Wildman–Crippen LogP) is 4.83. The molecule has 152 valence electrons. The van der Waals surface area contributed by atoms with Gasteiger partial charge in [-0.25, -0.2) is 9.36 Å². The fourth-order valence-corrected chi connectivity index (χ4v) is 4.32. The van der Waals surface area contributed by atoms with Gasteiger partial charge >= 0.3 is 0 Å². The van der Waals surface area contributed by atoms with Crippen molar-refractivity contribution in [3.63, 3.8) is 0 Å². The highest BCUT2D eigenvalue weighted by molar-refractivity contribution is 7.71. The van der Waals surface area contributed by atoms with Gasteiger partial charge in [0.25, 0.3) is 0 Å². The Kier molecular flexibility index (Phi) is 5.67. The van der Waals surface area contributed by atoms with Crippen molar-refractivity contribution >= 4 is 23.8 Å². The number of nitrogens with zero attached hydrogens (tertiary/aromatic N) is 4. The molecular formula is C22H27N5OS. The summed E-state index contributed by atoms with van der Waals surface area (Å²) in [5, 5.41) is 7.81. The van der Waals surface area contributed by atoms with E-state index in [2.05, 4.69) is 5.32 Å². The Morgan fingerprint density at radius 2 is 1.86 bits per heavy atom. The highest BCUT2D eigenvalue weighted by atomic mass is 32.1. The molecule has 0 unspecified atom stereocenters. The summed E-state index contributed by atoms with van der Waals surface area (Å²) in [6, 6.07) is 9.85. The summed E-state index contributed by atoms with van der Waals surface area (Å²) in [5.41, 5.74) is 3.06. The molecule has 0 bridgehead atoms. The number of aromatic nitrogens is 4. The lowest BCUT2D eigenvalue weighted by Crippen LogP contribution is -2.20. The van der Waals surface area contributed by atoms with Crippen LogP contribution in [0.15, 0.2) is 42.7 Å². The number of hydrogen-bond acceptors (Lipinski definition) is 3. The maximum absolute atomic E-state index is 12.7. The third-order valence-electron chi connectivity index (χ3n) is 5.80. The molecular weight excluding hydrogens is 382 g/mol. The SMILES string of the molecule is Cc1cccc(NC(=O)Cn2nc(C3CCCCC3)n(-n3cccc3)c2=S)c1C. The molecule has 0 aliphatic heterocycles.